The zero-order chi connectivity index (χ0) is 46.6. The van der Waals surface area contributed by atoms with Crippen LogP contribution in [0.2, 0.25) is 0 Å². The van der Waals surface area contributed by atoms with E-state index in [9.17, 15) is 0 Å². The first-order valence-corrected chi connectivity index (χ1v) is 25.7. The molecule has 0 radical (unpaired) electrons. The number of fused-ring (bicyclic) bond motifs is 13. The van der Waals surface area contributed by atoms with Gasteiger partial charge in [0.2, 0.25) is 0 Å². The molecule has 71 heavy (non-hydrogen) atoms. The quantitative estimate of drug-likeness (QED) is 0.159. The molecule has 5 heteroatoms. The Hall–Kier alpha value is -8.74. The fourth-order valence-corrected chi connectivity index (χ4v) is 13.3. The fraction of sp³-hybridized carbons (Fsp3) is 0. The number of nitrogens with zero attached hydrogens (tertiary/aromatic N) is 2. The first-order chi connectivity index (χ1) is 35.2. The summed E-state index contributed by atoms with van der Waals surface area (Å²) in [4.78, 5) is 4.90. The number of para-hydroxylation sites is 2. The predicted octanol–water partition coefficient (Wildman–Crippen LogP) is 20.4. The van der Waals surface area contributed by atoms with Crippen molar-refractivity contribution in [2.24, 2.45) is 0 Å². The van der Waals surface area contributed by atoms with Gasteiger partial charge in [-0.15, -0.1) is 22.7 Å². The van der Waals surface area contributed by atoms with Crippen LogP contribution in [0.3, 0.4) is 0 Å². The first kappa shape index (κ1) is 40.2. The Morgan fingerprint density at radius 3 is 1.72 bits per heavy atom. The molecule has 3 aromatic heterocycles. The van der Waals surface area contributed by atoms with Gasteiger partial charge < -0.3 is 14.2 Å². The lowest BCUT2D eigenvalue weighted by Crippen LogP contribution is -2.13. The third-order valence-corrected chi connectivity index (χ3v) is 16.7. The predicted molar refractivity (Wildman–Crippen MR) is 307 cm³/mol. The molecule has 0 amide bonds. The lowest BCUT2D eigenvalue weighted by molar-refractivity contribution is 0.673. The van der Waals surface area contributed by atoms with Gasteiger partial charge in [0.15, 0.2) is 0 Å². The second kappa shape index (κ2) is 15.9. The number of rotatable bonds is 7. The minimum atomic E-state index is 0.907. The van der Waals surface area contributed by atoms with Crippen molar-refractivity contribution in [3.63, 3.8) is 0 Å². The number of furan rings is 1. The topological polar surface area (TPSA) is 19.6 Å². The summed E-state index contributed by atoms with van der Waals surface area (Å²) in [5, 5.41) is 14.3. The molecule has 0 spiro atoms. The molecule has 12 aromatic carbocycles. The summed E-state index contributed by atoms with van der Waals surface area (Å²) in [5.41, 5.74) is 10.8. The van der Waals surface area contributed by atoms with Crippen molar-refractivity contribution in [3.05, 3.63) is 243 Å². The van der Waals surface area contributed by atoms with Gasteiger partial charge in [-0.05, 0) is 135 Å². The Labute approximate surface area is 416 Å². The van der Waals surface area contributed by atoms with Gasteiger partial charge in [0.05, 0.1) is 10.4 Å². The second-order valence-corrected chi connectivity index (χ2v) is 20.6. The van der Waals surface area contributed by atoms with E-state index < -0.39 is 0 Å². The van der Waals surface area contributed by atoms with E-state index in [4.69, 9.17) is 4.42 Å². The standard InChI is InChI=1S/C66H40N2OS2/c1-3-19-46(20-4-1)67(48-29-27-41-15-7-8-16-42(41)33-48)50-37-59-57-35-45(55-40-58-56-34-43-17-9-10-18-44(43)36-61(56)69-65(58)54-25-12-11-23-51(54)55)28-32-63(57)71-66(59)60(38-50)68(47-21-5-2-6-22-47)49-30-31-53-52-24-13-14-26-62(52)70-64(53)39-49/h1-40H. The summed E-state index contributed by atoms with van der Waals surface area (Å²) in [5.74, 6) is 0. The average molecular weight is 941 g/mol. The Bertz CT molecular complexity index is 4610. The van der Waals surface area contributed by atoms with Gasteiger partial charge in [-0.1, -0.05) is 146 Å². The lowest BCUT2D eigenvalue weighted by atomic mass is 9.94. The van der Waals surface area contributed by atoms with Crippen LogP contribution in [-0.2, 0) is 0 Å². The molecule has 15 rings (SSSR count). The summed E-state index contributed by atoms with van der Waals surface area (Å²) in [7, 11) is 0. The molecule has 15 aromatic rings. The molecule has 3 nitrogen and oxygen atoms in total. The monoisotopic (exact) mass is 940 g/mol. The van der Waals surface area contributed by atoms with Crippen LogP contribution in [0.5, 0.6) is 0 Å². The van der Waals surface area contributed by atoms with E-state index in [-0.39, 0.29) is 0 Å². The minimum absolute atomic E-state index is 0.907. The van der Waals surface area contributed by atoms with E-state index in [2.05, 4.69) is 252 Å². The maximum atomic E-state index is 6.75. The van der Waals surface area contributed by atoms with E-state index in [1.54, 1.807) is 0 Å². The van der Waals surface area contributed by atoms with Crippen molar-refractivity contribution in [3.8, 4) is 11.1 Å². The summed E-state index contributed by atoms with van der Waals surface area (Å²) in [6.07, 6.45) is 0. The van der Waals surface area contributed by atoms with Crippen molar-refractivity contribution in [2.45, 2.75) is 0 Å². The Morgan fingerprint density at radius 1 is 0.296 bits per heavy atom. The van der Waals surface area contributed by atoms with Crippen molar-refractivity contribution < 1.29 is 4.42 Å². The number of hydrogen-bond acceptors (Lipinski definition) is 5. The fourth-order valence-electron chi connectivity index (χ4n) is 11.0. The van der Waals surface area contributed by atoms with E-state index >= 15 is 0 Å². The normalized spacial score (nSPS) is 11.9. The van der Waals surface area contributed by atoms with Crippen LogP contribution >= 0.6 is 22.7 Å². The van der Waals surface area contributed by atoms with E-state index in [1.807, 2.05) is 22.7 Å². The SMILES string of the molecule is c1ccc(N(c2ccc3ccccc3c2)c2cc(N(c3ccccc3)c3ccc4c(c3)sc3ccccc34)c3sc4ccc(-c5cc6c7cc8ccccc8cc7oc6c6ccccc56)cc4c3c2)cc1. The second-order valence-electron chi connectivity index (χ2n) is 18.5. The largest absolute Gasteiger partial charge is 0.455 e. The third kappa shape index (κ3) is 6.48. The maximum Gasteiger partial charge on any atom is 0.143 e. The molecular weight excluding hydrogens is 901 g/mol. The van der Waals surface area contributed by atoms with Gasteiger partial charge in [-0.2, -0.15) is 0 Å². The summed E-state index contributed by atoms with van der Waals surface area (Å²) in [6.45, 7) is 0. The van der Waals surface area contributed by atoms with Gasteiger partial charge in [0, 0.05) is 80.2 Å². The Balaban J connectivity index is 1.01. The van der Waals surface area contributed by atoms with E-state index in [0.717, 1.165) is 61.4 Å². The molecule has 0 bridgehead atoms. The van der Waals surface area contributed by atoms with Crippen molar-refractivity contribution in [1.82, 2.24) is 0 Å². The van der Waals surface area contributed by atoms with Crippen LogP contribution in [0, 0.1) is 0 Å². The van der Waals surface area contributed by atoms with Gasteiger partial charge in [-0.25, -0.2) is 0 Å². The van der Waals surface area contributed by atoms with Crippen LogP contribution in [0.15, 0.2) is 247 Å². The Kier molecular flexibility index (Phi) is 9.00. The molecule has 0 aliphatic rings. The molecule has 332 valence electrons. The third-order valence-electron chi connectivity index (χ3n) is 14.3. The summed E-state index contributed by atoms with van der Waals surface area (Å²) in [6, 6.07) is 89.0. The molecule has 0 saturated heterocycles. The highest BCUT2D eigenvalue weighted by atomic mass is 32.1. The van der Waals surface area contributed by atoms with Crippen LogP contribution in [0.4, 0.5) is 34.1 Å². The highest BCUT2D eigenvalue weighted by Crippen LogP contribution is 2.51. The lowest BCUT2D eigenvalue weighted by Gasteiger charge is -2.30. The molecule has 0 aliphatic heterocycles. The van der Waals surface area contributed by atoms with Crippen molar-refractivity contribution in [2.75, 3.05) is 9.80 Å². The molecule has 0 atom stereocenters. The molecule has 3 heterocycles. The van der Waals surface area contributed by atoms with E-state index in [0.29, 0.717) is 0 Å². The zero-order valence-electron chi connectivity index (χ0n) is 38.2. The minimum Gasteiger partial charge on any atom is -0.455 e. The number of hydrogen-bond donors (Lipinski definition) is 0. The van der Waals surface area contributed by atoms with Crippen LogP contribution in [0.25, 0.3) is 106 Å². The van der Waals surface area contributed by atoms with Crippen molar-refractivity contribution >= 4 is 151 Å². The molecule has 0 N–H and O–H groups in total. The van der Waals surface area contributed by atoms with Gasteiger partial charge in [0.1, 0.15) is 11.2 Å². The average Bonchev–Trinajstić information content (AvgIpc) is 4.11. The maximum absolute atomic E-state index is 6.75. The smallest absolute Gasteiger partial charge is 0.143 e. The summed E-state index contributed by atoms with van der Waals surface area (Å²) >= 11 is 3.73. The molecule has 0 unspecified atom stereocenters. The van der Waals surface area contributed by atoms with Gasteiger partial charge in [0.25, 0.3) is 0 Å². The van der Waals surface area contributed by atoms with Gasteiger partial charge in [-0.3, -0.25) is 0 Å². The molecule has 0 saturated carbocycles. The molecular formula is C66H40N2OS2. The number of thiophene rings is 2. The zero-order valence-corrected chi connectivity index (χ0v) is 39.8. The van der Waals surface area contributed by atoms with Crippen LogP contribution in [-0.4, -0.2) is 0 Å². The molecule has 0 aliphatic carbocycles. The highest BCUT2D eigenvalue weighted by Gasteiger charge is 2.24. The van der Waals surface area contributed by atoms with Gasteiger partial charge >= 0.3 is 0 Å². The number of benzene rings is 12. The highest BCUT2D eigenvalue weighted by molar-refractivity contribution is 7.26. The van der Waals surface area contributed by atoms with Crippen LogP contribution < -0.4 is 9.80 Å². The first-order valence-electron chi connectivity index (χ1n) is 24.0. The van der Waals surface area contributed by atoms with Crippen LogP contribution in [0.1, 0.15) is 0 Å². The Morgan fingerprint density at radius 2 is 0.915 bits per heavy atom. The summed E-state index contributed by atoms with van der Waals surface area (Å²) < 4.78 is 11.8. The number of anilines is 6. The van der Waals surface area contributed by atoms with Crippen molar-refractivity contribution in [1.29, 1.82) is 0 Å². The molecule has 0 fully saturated rings. The van der Waals surface area contributed by atoms with E-state index in [1.165, 1.54) is 78.4 Å².